The van der Waals surface area contributed by atoms with Crippen LogP contribution in [0.15, 0.2) is 36.5 Å². The number of anilines is 1. The Balaban J connectivity index is 2.20. The van der Waals surface area contributed by atoms with E-state index in [2.05, 4.69) is 10.3 Å². The Kier molecular flexibility index (Phi) is 3.69. The van der Waals surface area contributed by atoms with Crippen molar-refractivity contribution in [3.05, 3.63) is 59.4 Å². The maximum atomic E-state index is 13.4. The lowest BCUT2D eigenvalue weighted by atomic mass is 10.2. The van der Waals surface area contributed by atoms with Gasteiger partial charge in [0.2, 0.25) is 0 Å². The third kappa shape index (κ3) is 2.77. The minimum Gasteiger partial charge on any atom is -0.477 e. The van der Waals surface area contributed by atoms with Crippen LogP contribution in [0.1, 0.15) is 20.8 Å². The van der Waals surface area contributed by atoms with E-state index in [4.69, 9.17) is 5.11 Å². The topological polar surface area (TPSA) is 79.3 Å². The monoisotopic (exact) mass is 278 g/mol. The molecule has 0 fully saturated rings. The number of aromatic carboxylic acids is 1. The molecule has 5 nitrogen and oxygen atoms in total. The third-order valence-electron chi connectivity index (χ3n) is 2.44. The van der Waals surface area contributed by atoms with Gasteiger partial charge in [0.15, 0.2) is 11.6 Å². The average molecular weight is 278 g/mol. The normalized spacial score (nSPS) is 10.1. The Hall–Kier alpha value is -2.83. The standard InChI is InChI=1S/C13H8F2N2O3/c14-8-2-1-3-9(11(8)15)17-12(18)7-4-5-10(13(19)20)16-6-7/h1-6H,(H,17,18)(H,19,20). The molecule has 1 heterocycles. The number of carboxylic acids is 1. The summed E-state index contributed by atoms with van der Waals surface area (Å²) in [6.45, 7) is 0. The van der Waals surface area contributed by atoms with Crippen molar-refractivity contribution in [2.75, 3.05) is 5.32 Å². The van der Waals surface area contributed by atoms with E-state index in [1.165, 1.54) is 18.2 Å². The molecule has 0 unspecified atom stereocenters. The molecular weight excluding hydrogens is 270 g/mol. The highest BCUT2D eigenvalue weighted by molar-refractivity contribution is 6.04. The largest absolute Gasteiger partial charge is 0.477 e. The molecule has 7 heteroatoms. The Morgan fingerprint density at radius 3 is 2.50 bits per heavy atom. The Morgan fingerprint density at radius 2 is 1.90 bits per heavy atom. The summed E-state index contributed by atoms with van der Waals surface area (Å²) in [4.78, 5) is 25.9. The van der Waals surface area contributed by atoms with E-state index in [9.17, 15) is 18.4 Å². The van der Waals surface area contributed by atoms with Crippen molar-refractivity contribution in [3.8, 4) is 0 Å². The summed E-state index contributed by atoms with van der Waals surface area (Å²) in [5.74, 6) is -4.20. The zero-order chi connectivity index (χ0) is 14.7. The summed E-state index contributed by atoms with van der Waals surface area (Å²) in [6.07, 6.45) is 1.04. The molecule has 0 spiro atoms. The molecule has 1 aromatic carbocycles. The highest BCUT2D eigenvalue weighted by atomic mass is 19.2. The lowest BCUT2D eigenvalue weighted by molar-refractivity contribution is 0.0690. The van der Waals surface area contributed by atoms with Gasteiger partial charge in [-0.25, -0.2) is 18.6 Å². The summed E-state index contributed by atoms with van der Waals surface area (Å²) in [6, 6.07) is 5.74. The minimum absolute atomic E-state index is 0.0265. The van der Waals surface area contributed by atoms with Gasteiger partial charge in [-0.2, -0.15) is 0 Å². The molecule has 2 rings (SSSR count). The molecular formula is C13H8F2N2O3. The number of nitrogens with one attached hydrogen (secondary N) is 1. The van der Waals surface area contributed by atoms with Crippen LogP contribution in [-0.4, -0.2) is 22.0 Å². The fourth-order valence-electron chi connectivity index (χ4n) is 1.45. The van der Waals surface area contributed by atoms with Crippen molar-refractivity contribution in [2.24, 2.45) is 0 Å². The highest BCUT2D eigenvalue weighted by Crippen LogP contribution is 2.17. The van der Waals surface area contributed by atoms with E-state index in [1.807, 2.05) is 0 Å². The Morgan fingerprint density at radius 1 is 1.15 bits per heavy atom. The molecule has 0 atom stereocenters. The number of rotatable bonds is 3. The maximum Gasteiger partial charge on any atom is 0.354 e. The summed E-state index contributed by atoms with van der Waals surface area (Å²) in [7, 11) is 0. The molecule has 102 valence electrons. The first-order valence-electron chi connectivity index (χ1n) is 5.44. The quantitative estimate of drug-likeness (QED) is 0.903. The van der Waals surface area contributed by atoms with Gasteiger partial charge in [-0.15, -0.1) is 0 Å². The molecule has 2 N–H and O–H groups in total. The maximum absolute atomic E-state index is 13.4. The number of pyridine rings is 1. The number of hydrogen-bond acceptors (Lipinski definition) is 3. The number of amides is 1. The smallest absolute Gasteiger partial charge is 0.354 e. The molecule has 1 amide bonds. The number of nitrogens with zero attached hydrogens (tertiary/aromatic N) is 1. The van der Waals surface area contributed by atoms with Gasteiger partial charge >= 0.3 is 5.97 Å². The van der Waals surface area contributed by atoms with Gasteiger partial charge < -0.3 is 10.4 Å². The second-order valence-corrected chi connectivity index (χ2v) is 3.79. The van der Waals surface area contributed by atoms with Gasteiger partial charge in [0.05, 0.1) is 11.3 Å². The molecule has 0 saturated carbocycles. The van der Waals surface area contributed by atoms with E-state index in [-0.39, 0.29) is 16.9 Å². The van der Waals surface area contributed by atoms with Crippen LogP contribution in [0.2, 0.25) is 0 Å². The molecule has 0 saturated heterocycles. The zero-order valence-electron chi connectivity index (χ0n) is 9.93. The predicted molar refractivity (Wildman–Crippen MR) is 65.5 cm³/mol. The molecule has 0 radical (unpaired) electrons. The van der Waals surface area contributed by atoms with Crippen molar-refractivity contribution in [1.82, 2.24) is 4.98 Å². The number of carbonyl (C=O) groups is 2. The molecule has 0 aliphatic rings. The Bertz CT molecular complexity index is 672. The van der Waals surface area contributed by atoms with Crippen LogP contribution in [0.3, 0.4) is 0 Å². The zero-order valence-corrected chi connectivity index (χ0v) is 9.93. The van der Waals surface area contributed by atoms with E-state index in [0.717, 1.165) is 18.3 Å². The molecule has 2 aromatic rings. The van der Waals surface area contributed by atoms with Crippen molar-refractivity contribution in [2.45, 2.75) is 0 Å². The SMILES string of the molecule is O=C(Nc1cccc(F)c1F)c1ccc(C(=O)O)nc1. The van der Waals surface area contributed by atoms with Crippen LogP contribution in [0.4, 0.5) is 14.5 Å². The first-order chi connectivity index (χ1) is 9.49. The van der Waals surface area contributed by atoms with Crippen LogP contribution >= 0.6 is 0 Å². The lowest BCUT2D eigenvalue weighted by Gasteiger charge is -2.06. The second kappa shape index (κ2) is 5.43. The fraction of sp³-hybridized carbons (Fsp3) is 0. The molecule has 1 aromatic heterocycles. The van der Waals surface area contributed by atoms with E-state index >= 15 is 0 Å². The first-order valence-corrected chi connectivity index (χ1v) is 5.44. The van der Waals surface area contributed by atoms with Crippen molar-refractivity contribution in [3.63, 3.8) is 0 Å². The van der Waals surface area contributed by atoms with Crippen LogP contribution < -0.4 is 5.32 Å². The van der Waals surface area contributed by atoms with Crippen LogP contribution in [0, 0.1) is 11.6 Å². The van der Waals surface area contributed by atoms with Gasteiger partial charge in [0.25, 0.3) is 5.91 Å². The lowest BCUT2D eigenvalue weighted by Crippen LogP contribution is -2.14. The molecule has 20 heavy (non-hydrogen) atoms. The van der Waals surface area contributed by atoms with E-state index in [1.54, 1.807) is 0 Å². The summed E-state index contributed by atoms with van der Waals surface area (Å²) < 4.78 is 26.3. The fourth-order valence-corrected chi connectivity index (χ4v) is 1.45. The molecule has 0 aliphatic carbocycles. The number of carbonyl (C=O) groups excluding carboxylic acids is 1. The molecule has 0 aliphatic heterocycles. The van der Waals surface area contributed by atoms with Crippen molar-refractivity contribution < 1.29 is 23.5 Å². The highest BCUT2D eigenvalue weighted by Gasteiger charge is 2.13. The van der Waals surface area contributed by atoms with Gasteiger partial charge in [0.1, 0.15) is 5.69 Å². The van der Waals surface area contributed by atoms with Crippen LogP contribution in [-0.2, 0) is 0 Å². The number of carboxylic acid groups (broad SMARTS) is 1. The van der Waals surface area contributed by atoms with Crippen molar-refractivity contribution >= 4 is 17.6 Å². The second-order valence-electron chi connectivity index (χ2n) is 3.79. The van der Waals surface area contributed by atoms with E-state index in [0.29, 0.717) is 0 Å². The Labute approximate surface area is 111 Å². The number of hydrogen-bond donors (Lipinski definition) is 2. The summed E-state index contributed by atoms with van der Waals surface area (Å²) >= 11 is 0. The van der Waals surface area contributed by atoms with Crippen molar-refractivity contribution in [1.29, 1.82) is 0 Å². The average Bonchev–Trinajstić information content (AvgIpc) is 2.44. The first kappa shape index (κ1) is 13.6. The molecule has 0 bridgehead atoms. The minimum atomic E-state index is -1.23. The third-order valence-corrected chi connectivity index (χ3v) is 2.44. The van der Waals surface area contributed by atoms with Gasteiger partial charge in [-0.1, -0.05) is 6.07 Å². The van der Waals surface area contributed by atoms with Gasteiger partial charge in [0, 0.05) is 6.20 Å². The van der Waals surface area contributed by atoms with E-state index < -0.39 is 23.5 Å². The van der Waals surface area contributed by atoms with Crippen LogP contribution in [0.25, 0.3) is 0 Å². The predicted octanol–water partition coefficient (Wildman–Crippen LogP) is 2.31. The summed E-state index contributed by atoms with van der Waals surface area (Å²) in [5, 5.41) is 10.8. The number of halogens is 2. The van der Waals surface area contributed by atoms with Gasteiger partial charge in [-0.3, -0.25) is 4.79 Å². The summed E-state index contributed by atoms with van der Waals surface area (Å²) in [5.41, 5.74) is -0.505. The number of benzene rings is 1. The number of aromatic nitrogens is 1. The van der Waals surface area contributed by atoms with Crippen LogP contribution in [0.5, 0.6) is 0 Å². The van der Waals surface area contributed by atoms with Gasteiger partial charge in [-0.05, 0) is 24.3 Å².